The van der Waals surface area contributed by atoms with Gasteiger partial charge in [-0.2, -0.15) is 23.0 Å². The average molecular weight is 602 g/mol. The van der Waals surface area contributed by atoms with Crippen molar-refractivity contribution in [3.63, 3.8) is 0 Å². The highest BCUT2D eigenvalue weighted by Gasteiger charge is 2.36. The van der Waals surface area contributed by atoms with Crippen LogP contribution in [0.4, 0.5) is 36.3 Å². The van der Waals surface area contributed by atoms with Crippen molar-refractivity contribution in [1.82, 2.24) is 20.3 Å². The molecule has 2 heterocycles. The van der Waals surface area contributed by atoms with Gasteiger partial charge in [0.15, 0.2) is 11.9 Å². The number of pyridine rings is 1. The van der Waals surface area contributed by atoms with Crippen LogP contribution in [0.25, 0.3) is 0 Å². The van der Waals surface area contributed by atoms with Gasteiger partial charge in [-0.05, 0) is 63.2 Å². The minimum absolute atomic E-state index is 0.00394. The fraction of sp³-hybridized carbons (Fsp3) is 0.273. The number of amides is 1. The number of ether oxygens (including phenoxy) is 1. The zero-order valence-electron chi connectivity index (χ0n) is 19.6. The lowest BCUT2D eigenvalue weighted by molar-refractivity contribution is -0.137. The summed E-state index contributed by atoms with van der Waals surface area (Å²) in [5, 5.41) is 7.79. The molecule has 0 aliphatic rings. The number of carbonyl (C=O) groups is 1. The van der Waals surface area contributed by atoms with Gasteiger partial charge in [-0.3, -0.25) is 4.79 Å². The molecule has 1 amide bonds. The van der Waals surface area contributed by atoms with Crippen LogP contribution in [0.15, 0.2) is 41.1 Å². The second-order valence-corrected chi connectivity index (χ2v) is 9.49. The molecule has 0 radical (unpaired) electrons. The molecule has 3 aromatic rings. The van der Waals surface area contributed by atoms with Gasteiger partial charge >= 0.3 is 14.2 Å². The maximum atomic E-state index is 13.7. The lowest BCUT2D eigenvalue weighted by Crippen LogP contribution is -2.21. The molecule has 15 heteroatoms. The van der Waals surface area contributed by atoms with Gasteiger partial charge in [0.1, 0.15) is 21.7 Å². The van der Waals surface area contributed by atoms with E-state index in [2.05, 4.69) is 46.8 Å². The van der Waals surface area contributed by atoms with Crippen LogP contribution in [0, 0.1) is 0 Å². The molecule has 196 valence electrons. The van der Waals surface area contributed by atoms with Crippen LogP contribution in [0.2, 0.25) is 0 Å². The van der Waals surface area contributed by atoms with Crippen LogP contribution in [-0.2, 0) is 17.2 Å². The number of aryl methyl sites for hydroxylation is 1. The van der Waals surface area contributed by atoms with Crippen molar-refractivity contribution in [1.29, 1.82) is 0 Å². The standard InChI is InChI=1S/C22H21BrF3N6O4P/c1-27-20(33)18-15(7-8-17(23)31-18)29-19-13(22(24,25)26)11-28-21(32-19)30-14-6-5-12(10-16(14)36-2)4-3-9-37(34)35/h5-8,10-11H,3-4,9H2,1-2H3,(H3-,27,28,29,30,32,33,34,35)/p+1. The molecule has 0 spiro atoms. The summed E-state index contributed by atoms with van der Waals surface area (Å²) in [6.45, 7) is 0. The summed E-state index contributed by atoms with van der Waals surface area (Å²) in [5.74, 6) is -0.985. The van der Waals surface area contributed by atoms with E-state index in [0.717, 1.165) is 5.56 Å². The topological polar surface area (TPSA) is 138 Å². The van der Waals surface area contributed by atoms with E-state index in [1.807, 2.05) is 0 Å². The number of rotatable bonds is 10. The van der Waals surface area contributed by atoms with Gasteiger partial charge in [0, 0.05) is 13.2 Å². The SMILES string of the molecule is CNC(=O)c1nc(Br)ccc1Nc1nc(Nc2ccc(CCC[P+](=O)O)cc2OC)ncc1C(F)(F)F. The average Bonchev–Trinajstić information content (AvgIpc) is 2.84. The molecule has 37 heavy (non-hydrogen) atoms. The second kappa shape index (κ2) is 12.3. The Kier molecular flexibility index (Phi) is 9.35. The Morgan fingerprint density at radius 3 is 2.54 bits per heavy atom. The molecule has 1 aromatic carbocycles. The first kappa shape index (κ1) is 28.2. The van der Waals surface area contributed by atoms with E-state index >= 15 is 0 Å². The third-order valence-corrected chi connectivity index (χ3v) is 6.12. The van der Waals surface area contributed by atoms with Crippen molar-refractivity contribution < 1.29 is 32.2 Å². The van der Waals surface area contributed by atoms with Gasteiger partial charge in [0.2, 0.25) is 5.95 Å². The highest BCUT2D eigenvalue weighted by atomic mass is 79.9. The number of aromatic nitrogens is 3. The normalized spacial score (nSPS) is 11.6. The molecule has 1 unspecified atom stereocenters. The Balaban J connectivity index is 1.94. The Labute approximate surface area is 219 Å². The number of nitrogens with zero attached hydrogens (tertiary/aromatic N) is 3. The number of anilines is 4. The number of hydrogen-bond acceptors (Lipinski definition) is 8. The predicted octanol–water partition coefficient (Wildman–Crippen LogP) is 5.18. The predicted molar refractivity (Wildman–Crippen MR) is 135 cm³/mol. The van der Waals surface area contributed by atoms with Crippen molar-refractivity contribution in [2.45, 2.75) is 19.0 Å². The molecule has 0 bridgehead atoms. The molecule has 0 aliphatic heterocycles. The molecule has 0 aliphatic carbocycles. The highest BCUT2D eigenvalue weighted by molar-refractivity contribution is 9.10. The van der Waals surface area contributed by atoms with Crippen molar-refractivity contribution in [3.05, 3.63) is 58.0 Å². The van der Waals surface area contributed by atoms with Crippen molar-refractivity contribution >= 4 is 53.0 Å². The number of nitrogens with one attached hydrogen (secondary N) is 3. The van der Waals surface area contributed by atoms with Crippen LogP contribution in [0.5, 0.6) is 5.75 Å². The number of hydrogen-bond donors (Lipinski definition) is 4. The van der Waals surface area contributed by atoms with Gasteiger partial charge in [0.05, 0.1) is 18.5 Å². The summed E-state index contributed by atoms with van der Waals surface area (Å²) < 4.78 is 57.7. The first-order valence-electron chi connectivity index (χ1n) is 10.7. The third-order valence-electron chi connectivity index (χ3n) is 4.98. The number of benzene rings is 1. The Hall–Kier alpha value is -3.35. The molecule has 2 aromatic heterocycles. The molecule has 0 saturated carbocycles. The molecule has 10 nitrogen and oxygen atoms in total. The molecule has 1 atom stereocenters. The largest absolute Gasteiger partial charge is 0.505 e. The number of methoxy groups -OCH3 is 1. The summed E-state index contributed by atoms with van der Waals surface area (Å²) in [7, 11) is 0.583. The highest BCUT2D eigenvalue weighted by Crippen LogP contribution is 2.36. The first-order chi connectivity index (χ1) is 17.5. The van der Waals surface area contributed by atoms with Gasteiger partial charge < -0.3 is 20.7 Å². The van der Waals surface area contributed by atoms with Gasteiger partial charge in [-0.15, -0.1) is 0 Å². The van der Waals surface area contributed by atoms with E-state index < -0.39 is 31.5 Å². The molecule has 0 saturated heterocycles. The number of halogens is 4. The first-order valence-corrected chi connectivity index (χ1v) is 12.9. The van der Waals surface area contributed by atoms with E-state index in [9.17, 15) is 22.5 Å². The quantitative estimate of drug-likeness (QED) is 0.183. The monoisotopic (exact) mass is 601 g/mol. The van der Waals surface area contributed by atoms with Gasteiger partial charge in [-0.1, -0.05) is 6.07 Å². The number of alkyl halides is 3. The van der Waals surface area contributed by atoms with Crippen LogP contribution >= 0.6 is 24.0 Å². The summed E-state index contributed by atoms with van der Waals surface area (Å²) in [5.41, 5.74) is -0.0419. The van der Waals surface area contributed by atoms with Crippen molar-refractivity contribution in [2.24, 2.45) is 0 Å². The van der Waals surface area contributed by atoms with E-state index in [-0.39, 0.29) is 23.5 Å². The maximum absolute atomic E-state index is 13.7. The molecule has 0 fully saturated rings. The van der Waals surface area contributed by atoms with E-state index in [1.54, 1.807) is 18.2 Å². The maximum Gasteiger partial charge on any atom is 0.505 e. The van der Waals surface area contributed by atoms with Crippen LogP contribution in [0.3, 0.4) is 0 Å². The zero-order chi connectivity index (χ0) is 27.2. The van der Waals surface area contributed by atoms with Crippen LogP contribution in [-0.4, -0.2) is 46.1 Å². The van der Waals surface area contributed by atoms with E-state index in [4.69, 9.17) is 9.63 Å². The Morgan fingerprint density at radius 2 is 1.89 bits per heavy atom. The third kappa shape index (κ3) is 7.57. The fourth-order valence-corrected chi connectivity index (χ4v) is 3.97. The van der Waals surface area contributed by atoms with Crippen molar-refractivity contribution in [2.75, 3.05) is 31.0 Å². The molecule has 3 rings (SSSR count). The van der Waals surface area contributed by atoms with Gasteiger partial charge in [-0.25, -0.2) is 9.97 Å². The lowest BCUT2D eigenvalue weighted by atomic mass is 10.1. The van der Waals surface area contributed by atoms with Gasteiger partial charge in [0.25, 0.3) is 5.91 Å². The lowest BCUT2D eigenvalue weighted by Gasteiger charge is -2.17. The molecular formula is C22H22BrF3N6O4P+. The van der Waals surface area contributed by atoms with Crippen LogP contribution < -0.4 is 20.7 Å². The minimum atomic E-state index is -4.78. The van der Waals surface area contributed by atoms with E-state index in [1.165, 1.54) is 26.3 Å². The summed E-state index contributed by atoms with van der Waals surface area (Å²) in [6, 6.07) is 7.96. The number of carbonyl (C=O) groups excluding carboxylic acids is 1. The smallest absolute Gasteiger partial charge is 0.495 e. The fourth-order valence-electron chi connectivity index (χ4n) is 3.23. The van der Waals surface area contributed by atoms with Crippen molar-refractivity contribution in [3.8, 4) is 5.75 Å². The summed E-state index contributed by atoms with van der Waals surface area (Å²) in [4.78, 5) is 33.0. The molecular weight excluding hydrogens is 580 g/mol. The zero-order valence-corrected chi connectivity index (χ0v) is 22.0. The summed E-state index contributed by atoms with van der Waals surface area (Å²) in [6.07, 6.45) is -2.95. The molecule has 4 N–H and O–H groups in total. The summed E-state index contributed by atoms with van der Waals surface area (Å²) >= 11 is 3.14. The second-order valence-electron chi connectivity index (χ2n) is 7.53. The Bertz CT molecular complexity index is 1310. The minimum Gasteiger partial charge on any atom is -0.495 e. The Morgan fingerprint density at radius 1 is 1.16 bits per heavy atom. The van der Waals surface area contributed by atoms with Crippen LogP contribution in [0.1, 0.15) is 28.0 Å². The van der Waals surface area contributed by atoms with E-state index in [0.29, 0.717) is 35.1 Å².